The van der Waals surface area contributed by atoms with E-state index in [0.717, 1.165) is 17.0 Å². The summed E-state index contributed by atoms with van der Waals surface area (Å²) in [7, 11) is 1.87. The van der Waals surface area contributed by atoms with Gasteiger partial charge in [0.25, 0.3) is 5.56 Å². The largest absolute Gasteiger partial charge is 0.457 e. The van der Waals surface area contributed by atoms with Crippen molar-refractivity contribution in [2.45, 2.75) is 13.5 Å². The third-order valence-corrected chi connectivity index (χ3v) is 4.48. The molecular weight excluding hydrogens is 326 g/mol. The van der Waals surface area contributed by atoms with Gasteiger partial charge in [-0.25, -0.2) is 4.79 Å². The fourth-order valence-electron chi connectivity index (χ4n) is 2.14. The van der Waals surface area contributed by atoms with Crippen molar-refractivity contribution in [3.8, 4) is 6.07 Å². The van der Waals surface area contributed by atoms with Crippen molar-refractivity contribution in [3.63, 3.8) is 0 Å². The predicted molar refractivity (Wildman–Crippen MR) is 92.7 cm³/mol. The molecule has 0 saturated carbocycles. The van der Waals surface area contributed by atoms with Crippen LogP contribution in [0.15, 0.2) is 35.8 Å². The zero-order valence-corrected chi connectivity index (χ0v) is 14.3. The molecule has 0 aromatic carbocycles. The lowest BCUT2D eigenvalue weighted by atomic mass is 10.3. The molecule has 0 unspecified atom stereocenters. The standard InChI is InChI=1S/C17H17N3O3S/c1-4-9-23-17(22)13(11-18)16-20(5-2)15(21)14(24-16)10-12-7-6-8-19(12)3/h4,6-8,10H,1,5,9H2,2-3H3. The third-order valence-electron chi connectivity index (χ3n) is 3.35. The van der Waals surface area contributed by atoms with Gasteiger partial charge >= 0.3 is 5.97 Å². The van der Waals surface area contributed by atoms with Gasteiger partial charge in [0.1, 0.15) is 17.3 Å². The lowest BCUT2D eigenvalue weighted by Gasteiger charge is -2.00. The van der Waals surface area contributed by atoms with Crippen molar-refractivity contribution in [2.24, 2.45) is 7.05 Å². The molecule has 2 aromatic rings. The van der Waals surface area contributed by atoms with E-state index >= 15 is 0 Å². The average Bonchev–Trinajstić information content (AvgIpc) is 3.10. The minimum Gasteiger partial charge on any atom is -0.457 e. The first kappa shape index (κ1) is 17.5. The van der Waals surface area contributed by atoms with Gasteiger partial charge in [-0.15, -0.1) is 11.3 Å². The van der Waals surface area contributed by atoms with Gasteiger partial charge in [0, 0.05) is 25.5 Å². The molecule has 0 N–H and O–H groups in total. The van der Waals surface area contributed by atoms with Crippen molar-refractivity contribution >= 4 is 29.0 Å². The Bertz CT molecular complexity index is 986. The zero-order chi connectivity index (χ0) is 17.7. The summed E-state index contributed by atoms with van der Waals surface area (Å²) < 4.78 is 8.98. The molecule has 124 valence electrons. The van der Waals surface area contributed by atoms with Crippen molar-refractivity contribution in [1.82, 2.24) is 9.13 Å². The second-order valence-electron chi connectivity index (χ2n) is 4.88. The van der Waals surface area contributed by atoms with E-state index in [9.17, 15) is 14.9 Å². The Hall–Kier alpha value is -2.85. The first-order chi connectivity index (χ1) is 11.5. The van der Waals surface area contributed by atoms with Crippen LogP contribution in [0.25, 0.3) is 11.6 Å². The highest BCUT2D eigenvalue weighted by Crippen LogP contribution is 2.01. The van der Waals surface area contributed by atoms with Gasteiger partial charge in [-0.05, 0) is 25.1 Å². The molecule has 0 aliphatic heterocycles. The van der Waals surface area contributed by atoms with Crippen molar-refractivity contribution in [2.75, 3.05) is 6.61 Å². The Labute approximate surface area is 142 Å². The van der Waals surface area contributed by atoms with Gasteiger partial charge in [-0.3, -0.25) is 9.36 Å². The van der Waals surface area contributed by atoms with E-state index in [-0.39, 0.29) is 17.7 Å². The quantitative estimate of drug-likeness (QED) is 0.585. The van der Waals surface area contributed by atoms with Crippen LogP contribution in [0.2, 0.25) is 0 Å². The van der Waals surface area contributed by atoms with Crippen molar-refractivity contribution in [3.05, 3.63) is 56.2 Å². The maximum Gasteiger partial charge on any atom is 0.352 e. The summed E-state index contributed by atoms with van der Waals surface area (Å²) in [6.45, 7) is 5.61. The molecule has 2 heterocycles. The third kappa shape index (κ3) is 3.39. The monoisotopic (exact) mass is 343 g/mol. The number of nitriles is 1. The number of nitrogens with zero attached hydrogens (tertiary/aromatic N) is 3. The van der Waals surface area contributed by atoms with Crippen molar-refractivity contribution < 1.29 is 9.53 Å². The summed E-state index contributed by atoms with van der Waals surface area (Å²) in [5.74, 6) is -0.758. The topological polar surface area (TPSA) is 77.0 Å². The van der Waals surface area contributed by atoms with E-state index in [0.29, 0.717) is 15.7 Å². The summed E-state index contributed by atoms with van der Waals surface area (Å²) in [5, 5.41) is 9.33. The molecule has 0 aliphatic rings. The molecule has 24 heavy (non-hydrogen) atoms. The van der Waals surface area contributed by atoms with Crippen LogP contribution in [0, 0.1) is 11.3 Å². The molecule has 0 saturated heterocycles. The fraction of sp³-hybridized carbons (Fsp3) is 0.235. The molecule has 0 radical (unpaired) electrons. The van der Waals surface area contributed by atoms with Gasteiger partial charge < -0.3 is 9.30 Å². The van der Waals surface area contributed by atoms with E-state index in [4.69, 9.17) is 4.74 Å². The molecule has 2 aromatic heterocycles. The number of thiazole rings is 1. The number of hydrogen-bond acceptors (Lipinski definition) is 5. The summed E-state index contributed by atoms with van der Waals surface area (Å²) in [6, 6.07) is 5.60. The molecule has 2 rings (SSSR count). The molecule has 7 heteroatoms. The van der Waals surface area contributed by atoms with Crippen molar-refractivity contribution in [1.29, 1.82) is 5.26 Å². The lowest BCUT2D eigenvalue weighted by molar-refractivity contribution is -0.135. The molecular formula is C17H17N3O3S. The zero-order valence-electron chi connectivity index (χ0n) is 13.5. The second-order valence-corrected chi connectivity index (χ2v) is 5.91. The predicted octanol–water partition coefficient (Wildman–Crippen LogP) is 0.500. The SMILES string of the molecule is C=CCOC(=O)C(C#N)=c1sc(=Cc2cccn2C)c(=O)n1CC. The number of esters is 1. The fourth-order valence-corrected chi connectivity index (χ4v) is 3.28. The van der Waals surface area contributed by atoms with Gasteiger partial charge in [0.05, 0.1) is 4.53 Å². The summed E-state index contributed by atoms with van der Waals surface area (Å²) in [4.78, 5) is 24.6. The molecule has 0 fully saturated rings. The average molecular weight is 343 g/mol. The Morgan fingerprint density at radius 1 is 1.54 bits per heavy atom. The Morgan fingerprint density at radius 2 is 2.29 bits per heavy atom. The van der Waals surface area contributed by atoms with Crippen LogP contribution in [0.3, 0.4) is 0 Å². The van der Waals surface area contributed by atoms with E-state index in [1.807, 2.05) is 36.0 Å². The molecule has 0 bridgehead atoms. The maximum absolute atomic E-state index is 12.6. The Morgan fingerprint density at radius 3 is 2.83 bits per heavy atom. The van der Waals surface area contributed by atoms with Crippen LogP contribution in [0.4, 0.5) is 0 Å². The highest BCUT2D eigenvalue weighted by molar-refractivity contribution is 7.07. The number of rotatable bonds is 5. The van der Waals surface area contributed by atoms with Gasteiger partial charge in [0.2, 0.25) is 0 Å². The number of carbonyl (C=O) groups is 1. The van der Waals surface area contributed by atoms with Crippen LogP contribution in [-0.4, -0.2) is 21.7 Å². The highest BCUT2D eigenvalue weighted by Gasteiger charge is 2.16. The van der Waals surface area contributed by atoms with E-state index < -0.39 is 5.97 Å². The number of ether oxygens (including phenoxy) is 1. The van der Waals surface area contributed by atoms with Crippen LogP contribution >= 0.6 is 11.3 Å². The number of hydrogen-bond donors (Lipinski definition) is 0. The van der Waals surface area contributed by atoms with E-state index in [1.165, 1.54) is 10.6 Å². The van der Waals surface area contributed by atoms with Gasteiger partial charge in [-0.1, -0.05) is 12.7 Å². The summed E-state index contributed by atoms with van der Waals surface area (Å²) in [5.41, 5.74) is 0.450. The minimum atomic E-state index is -0.758. The van der Waals surface area contributed by atoms with Gasteiger partial charge in [0.15, 0.2) is 5.57 Å². The lowest BCUT2D eigenvalue weighted by Crippen LogP contribution is -2.32. The van der Waals surface area contributed by atoms with E-state index in [1.54, 1.807) is 13.0 Å². The van der Waals surface area contributed by atoms with Crippen LogP contribution in [-0.2, 0) is 23.1 Å². The molecule has 0 aliphatic carbocycles. The Kier molecular flexibility index (Phi) is 5.55. The molecule has 0 amide bonds. The minimum absolute atomic E-state index is 0.00801. The summed E-state index contributed by atoms with van der Waals surface area (Å²) in [6.07, 6.45) is 5.04. The van der Waals surface area contributed by atoms with Crippen LogP contribution in [0.1, 0.15) is 12.6 Å². The Balaban J connectivity index is 2.72. The first-order valence-corrected chi connectivity index (χ1v) is 8.10. The molecule has 6 nitrogen and oxygen atoms in total. The second kappa shape index (κ2) is 7.62. The highest BCUT2D eigenvalue weighted by atomic mass is 32.1. The normalized spacial score (nSPS) is 12.6. The first-order valence-electron chi connectivity index (χ1n) is 7.28. The van der Waals surface area contributed by atoms with Crippen LogP contribution in [0.5, 0.6) is 0 Å². The number of carbonyl (C=O) groups excluding carboxylic acids is 1. The number of aryl methyl sites for hydroxylation is 1. The molecule has 0 spiro atoms. The van der Waals surface area contributed by atoms with Crippen LogP contribution < -0.4 is 14.8 Å². The maximum atomic E-state index is 12.6. The summed E-state index contributed by atoms with van der Waals surface area (Å²) >= 11 is 1.11. The molecule has 0 atom stereocenters. The van der Waals surface area contributed by atoms with E-state index in [2.05, 4.69) is 6.58 Å². The smallest absolute Gasteiger partial charge is 0.352 e. The van der Waals surface area contributed by atoms with Gasteiger partial charge in [-0.2, -0.15) is 5.26 Å². The number of aromatic nitrogens is 2.